The highest BCUT2D eigenvalue weighted by atomic mass is 14.8. The molecule has 0 atom stereocenters. The van der Waals surface area contributed by atoms with Gasteiger partial charge in [0.05, 0.1) is 0 Å². The fraction of sp³-hybridized carbons (Fsp3) is 0.267. The molecule has 0 spiro atoms. The summed E-state index contributed by atoms with van der Waals surface area (Å²) in [5.74, 6) is 0. The summed E-state index contributed by atoms with van der Waals surface area (Å²) >= 11 is 0. The zero-order valence-corrected chi connectivity index (χ0v) is 10.4. The van der Waals surface area contributed by atoms with Crippen LogP contribution in [0.2, 0.25) is 0 Å². The molecule has 0 aliphatic carbocycles. The number of allylic oxidation sites excluding steroid dienone is 1. The third-order valence-corrected chi connectivity index (χ3v) is 2.74. The van der Waals surface area contributed by atoms with Gasteiger partial charge in [-0.2, -0.15) is 0 Å². The van der Waals surface area contributed by atoms with Gasteiger partial charge in [-0.05, 0) is 30.9 Å². The highest BCUT2D eigenvalue weighted by Gasteiger charge is 1.99. The Kier molecular flexibility index (Phi) is 3.89. The molecular weight excluding hydrogens is 208 g/mol. The van der Waals surface area contributed by atoms with Crippen LogP contribution < -0.4 is 5.32 Å². The van der Waals surface area contributed by atoms with Gasteiger partial charge in [0.1, 0.15) is 0 Å². The summed E-state index contributed by atoms with van der Waals surface area (Å²) in [5, 5.41) is 5.92. The molecule has 17 heavy (non-hydrogen) atoms. The monoisotopic (exact) mass is 226 g/mol. The highest BCUT2D eigenvalue weighted by Crippen LogP contribution is 2.16. The van der Waals surface area contributed by atoms with E-state index in [4.69, 9.17) is 0 Å². The Bertz CT molecular complexity index is 520. The molecule has 2 aromatic rings. The number of hydrogen-bond donors (Lipinski definition) is 1. The van der Waals surface area contributed by atoms with E-state index in [0.717, 1.165) is 13.1 Å². The van der Waals surface area contributed by atoms with E-state index in [2.05, 4.69) is 54.5 Å². The second kappa shape index (κ2) is 5.60. The molecule has 0 saturated heterocycles. The van der Waals surface area contributed by atoms with E-state index in [-0.39, 0.29) is 0 Å². The van der Waals surface area contributed by atoms with Crippen LogP contribution in [0.1, 0.15) is 19.4 Å². The van der Waals surface area contributed by atoms with Gasteiger partial charge >= 0.3 is 0 Å². The van der Waals surface area contributed by atoms with Crippen molar-refractivity contribution < 1.29 is 0 Å². The molecule has 0 bridgehead atoms. The van der Waals surface area contributed by atoms with Gasteiger partial charge in [0.2, 0.25) is 0 Å². The molecule has 88 valence electrons. The van der Waals surface area contributed by atoms with Gasteiger partial charge in [-0.3, -0.25) is 4.98 Å². The Balaban J connectivity index is 2.11. The summed E-state index contributed by atoms with van der Waals surface area (Å²) < 4.78 is 0. The van der Waals surface area contributed by atoms with Crippen LogP contribution in [-0.2, 0) is 6.54 Å². The van der Waals surface area contributed by atoms with Crippen LogP contribution in [-0.4, -0.2) is 11.5 Å². The second-order valence-corrected chi connectivity index (χ2v) is 4.43. The Morgan fingerprint density at radius 2 is 2.18 bits per heavy atom. The van der Waals surface area contributed by atoms with Gasteiger partial charge in [0.15, 0.2) is 0 Å². The fourth-order valence-electron chi connectivity index (χ4n) is 1.83. The molecule has 2 nitrogen and oxygen atoms in total. The highest BCUT2D eigenvalue weighted by molar-refractivity contribution is 5.84. The third kappa shape index (κ3) is 3.14. The van der Waals surface area contributed by atoms with Crippen molar-refractivity contribution in [2.45, 2.75) is 20.4 Å². The lowest BCUT2D eigenvalue weighted by atomic mass is 10.1. The lowest BCUT2D eigenvalue weighted by Crippen LogP contribution is -2.13. The predicted molar refractivity (Wildman–Crippen MR) is 72.9 cm³/mol. The SMILES string of the molecule is CC(C)=CCNCc1cccc2cnccc12. The molecule has 1 aromatic carbocycles. The van der Waals surface area contributed by atoms with Crippen molar-refractivity contribution in [3.63, 3.8) is 0 Å². The maximum absolute atomic E-state index is 4.14. The van der Waals surface area contributed by atoms with E-state index in [1.165, 1.54) is 21.9 Å². The van der Waals surface area contributed by atoms with Crippen molar-refractivity contribution in [2.75, 3.05) is 6.54 Å². The van der Waals surface area contributed by atoms with Crippen LogP contribution in [0.15, 0.2) is 48.3 Å². The molecule has 0 saturated carbocycles. The van der Waals surface area contributed by atoms with Gasteiger partial charge < -0.3 is 5.32 Å². The Morgan fingerprint density at radius 3 is 3.00 bits per heavy atom. The predicted octanol–water partition coefficient (Wildman–Crippen LogP) is 3.29. The summed E-state index contributed by atoms with van der Waals surface area (Å²) in [6.45, 7) is 6.05. The topological polar surface area (TPSA) is 24.9 Å². The first kappa shape index (κ1) is 11.8. The summed E-state index contributed by atoms with van der Waals surface area (Å²) in [5.41, 5.74) is 2.67. The second-order valence-electron chi connectivity index (χ2n) is 4.43. The first-order chi connectivity index (χ1) is 8.27. The largest absolute Gasteiger partial charge is 0.309 e. The number of pyridine rings is 1. The van der Waals surface area contributed by atoms with Crippen LogP contribution in [0.5, 0.6) is 0 Å². The standard InChI is InChI=1S/C15H18N2/c1-12(2)6-8-16-10-13-4-3-5-14-11-17-9-7-15(13)14/h3-7,9,11,16H,8,10H2,1-2H3. The number of hydrogen-bond acceptors (Lipinski definition) is 2. The minimum atomic E-state index is 0.894. The van der Waals surface area contributed by atoms with Crippen molar-refractivity contribution in [3.05, 3.63) is 53.9 Å². The number of rotatable bonds is 4. The fourth-order valence-corrected chi connectivity index (χ4v) is 1.83. The molecule has 0 aliphatic heterocycles. The van der Waals surface area contributed by atoms with Crippen molar-refractivity contribution in [1.29, 1.82) is 0 Å². The summed E-state index contributed by atoms with van der Waals surface area (Å²) in [7, 11) is 0. The maximum atomic E-state index is 4.14. The molecule has 2 rings (SSSR count). The van der Waals surface area contributed by atoms with Gasteiger partial charge in [-0.1, -0.05) is 29.8 Å². The first-order valence-corrected chi connectivity index (χ1v) is 5.93. The van der Waals surface area contributed by atoms with Crippen LogP contribution >= 0.6 is 0 Å². The Hall–Kier alpha value is -1.67. The van der Waals surface area contributed by atoms with Crippen molar-refractivity contribution in [3.8, 4) is 0 Å². The molecule has 1 aromatic heterocycles. The lowest BCUT2D eigenvalue weighted by molar-refractivity contribution is 0.761. The van der Waals surface area contributed by atoms with E-state index < -0.39 is 0 Å². The number of aromatic nitrogens is 1. The summed E-state index contributed by atoms with van der Waals surface area (Å²) in [6.07, 6.45) is 5.96. The normalized spacial score (nSPS) is 10.5. The van der Waals surface area contributed by atoms with E-state index in [9.17, 15) is 0 Å². The molecule has 0 fully saturated rings. The molecule has 0 unspecified atom stereocenters. The van der Waals surface area contributed by atoms with Crippen LogP contribution in [0.4, 0.5) is 0 Å². The molecule has 0 amide bonds. The quantitative estimate of drug-likeness (QED) is 0.639. The van der Waals surface area contributed by atoms with Crippen molar-refractivity contribution in [2.24, 2.45) is 0 Å². The van der Waals surface area contributed by atoms with Crippen molar-refractivity contribution >= 4 is 10.8 Å². The van der Waals surface area contributed by atoms with Crippen LogP contribution in [0.25, 0.3) is 10.8 Å². The Labute approximate surface area is 102 Å². The van der Waals surface area contributed by atoms with Crippen molar-refractivity contribution in [1.82, 2.24) is 10.3 Å². The minimum absolute atomic E-state index is 0.894. The molecule has 0 aliphatic rings. The van der Waals surface area contributed by atoms with E-state index >= 15 is 0 Å². The van der Waals surface area contributed by atoms with Gasteiger partial charge in [-0.15, -0.1) is 0 Å². The van der Waals surface area contributed by atoms with Gasteiger partial charge in [0.25, 0.3) is 0 Å². The van der Waals surface area contributed by atoms with Gasteiger partial charge in [0, 0.05) is 30.9 Å². The zero-order valence-electron chi connectivity index (χ0n) is 10.4. The molecular formula is C15H18N2. The number of benzene rings is 1. The van der Waals surface area contributed by atoms with E-state index in [1.54, 1.807) is 0 Å². The summed E-state index contributed by atoms with van der Waals surface area (Å²) in [6, 6.07) is 8.43. The molecule has 1 heterocycles. The van der Waals surface area contributed by atoms with E-state index in [1.807, 2.05) is 12.4 Å². The molecule has 2 heteroatoms. The summed E-state index contributed by atoms with van der Waals surface area (Å²) in [4.78, 5) is 4.14. The first-order valence-electron chi connectivity index (χ1n) is 5.93. The zero-order chi connectivity index (χ0) is 12.1. The van der Waals surface area contributed by atoms with Gasteiger partial charge in [-0.25, -0.2) is 0 Å². The maximum Gasteiger partial charge on any atom is 0.0346 e. The molecule has 0 radical (unpaired) electrons. The Morgan fingerprint density at radius 1 is 1.29 bits per heavy atom. The molecule has 1 N–H and O–H groups in total. The average molecular weight is 226 g/mol. The lowest BCUT2D eigenvalue weighted by Gasteiger charge is -2.06. The number of fused-ring (bicyclic) bond motifs is 1. The van der Waals surface area contributed by atoms with Crippen LogP contribution in [0, 0.1) is 0 Å². The minimum Gasteiger partial charge on any atom is -0.309 e. The number of nitrogens with one attached hydrogen (secondary N) is 1. The van der Waals surface area contributed by atoms with Crippen LogP contribution in [0.3, 0.4) is 0 Å². The van der Waals surface area contributed by atoms with E-state index in [0.29, 0.717) is 0 Å². The number of nitrogens with zero attached hydrogens (tertiary/aromatic N) is 1. The average Bonchev–Trinajstić information content (AvgIpc) is 2.34. The third-order valence-electron chi connectivity index (χ3n) is 2.74. The smallest absolute Gasteiger partial charge is 0.0346 e.